The fraction of sp³-hybridized carbons (Fsp3) is 0.400. The summed E-state index contributed by atoms with van der Waals surface area (Å²) in [6.45, 7) is 2.56. The maximum atomic E-state index is 12.0. The number of likely N-dealkylation sites (tertiary alicyclic amines) is 1. The van der Waals surface area contributed by atoms with Crippen LogP contribution in [-0.2, 0) is 4.79 Å². The molecule has 0 radical (unpaired) electrons. The van der Waals surface area contributed by atoms with Gasteiger partial charge in [0.15, 0.2) is 0 Å². The van der Waals surface area contributed by atoms with Crippen LogP contribution >= 0.6 is 0 Å². The molecule has 0 aromatic carbocycles. The van der Waals surface area contributed by atoms with Crippen molar-refractivity contribution in [1.82, 2.24) is 24.8 Å². The Morgan fingerprint density at radius 3 is 2.91 bits per heavy atom. The largest absolute Gasteiger partial charge is 0.333 e. The Labute approximate surface area is 134 Å². The third-order valence-electron chi connectivity index (χ3n) is 3.75. The molecule has 3 heterocycles. The molecule has 23 heavy (non-hydrogen) atoms. The van der Waals surface area contributed by atoms with Crippen LogP contribution in [0.4, 0.5) is 11.8 Å². The zero-order valence-electron chi connectivity index (χ0n) is 12.9. The van der Waals surface area contributed by atoms with Crippen molar-refractivity contribution < 1.29 is 4.79 Å². The molecule has 1 fully saturated rings. The van der Waals surface area contributed by atoms with Crippen LogP contribution < -0.4 is 11.1 Å². The average molecular weight is 313 g/mol. The molecule has 8 nitrogen and oxygen atoms in total. The topological polar surface area (TPSA) is 110 Å². The lowest BCUT2D eigenvalue weighted by Gasteiger charge is -2.24. The number of nitrogens with one attached hydrogen (secondary N) is 1. The zero-order valence-corrected chi connectivity index (χ0v) is 12.9. The monoisotopic (exact) mass is 313 g/mol. The fourth-order valence-corrected chi connectivity index (χ4v) is 2.79. The lowest BCUT2D eigenvalue weighted by molar-refractivity contribution is -0.130. The second-order valence-corrected chi connectivity index (χ2v) is 5.37. The normalized spacial score (nSPS) is 17.3. The molecule has 0 bridgehead atoms. The van der Waals surface area contributed by atoms with Crippen LogP contribution in [0.3, 0.4) is 0 Å². The Bertz CT molecular complexity index is 691. The number of carbonyl (C=O) groups is 1. The number of nitrogens with zero attached hydrogens (tertiary/aromatic N) is 5. The van der Waals surface area contributed by atoms with E-state index in [1.807, 2.05) is 13.0 Å². The molecule has 2 aromatic rings. The minimum Gasteiger partial charge on any atom is -0.333 e. The molecule has 0 saturated carbocycles. The Morgan fingerprint density at radius 2 is 2.17 bits per heavy atom. The summed E-state index contributed by atoms with van der Waals surface area (Å²) in [6.07, 6.45) is 5.14. The molecule has 120 valence electrons. The highest BCUT2D eigenvalue weighted by atomic mass is 16.2. The summed E-state index contributed by atoms with van der Waals surface area (Å²) in [5.41, 5.74) is 6.32. The zero-order chi connectivity index (χ0) is 16.2. The molecule has 1 amide bonds. The summed E-state index contributed by atoms with van der Waals surface area (Å²) < 4.78 is 0. The first-order chi connectivity index (χ1) is 11.2. The average Bonchev–Trinajstić information content (AvgIpc) is 3.04. The van der Waals surface area contributed by atoms with E-state index in [0.29, 0.717) is 24.1 Å². The summed E-state index contributed by atoms with van der Waals surface area (Å²) in [4.78, 5) is 30.9. The van der Waals surface area contributed by atoms with Gasteiger partial charge < -0.3 is 16.0 Å². The maximum absolute atomic E-state index is 12.0. The number of nitrogens with two attached hydrogens (primary N) is 1. The lowest BCUT2D eigenvalue weighted by Crippen LogP contribution is -2.35. The molecule has 1 atom stereocenters. The predicted molar refractivity (Wildman–Crippen MR) is 84.8 cm³/mol. The molecule has 0 aliphatic carbocycles. The number of amides is 1. The van der Waals surface area contributed by atoms with Crippen molar-refractivity contribution in [2.24, 2.45) is 5.73 Å². The molecule has 8 heteroatoms. The van der Waals surface area contributed by atoms with Crippen molar-refractivity contribution >= 4 is 17.7 Å². The molecule has 3 rings (SSSR count). The van der Waals surface area contributed by atoms with Gasteiger partial charge in [-0.15, -0.1) is 0 Å². The molecule has 1 aliphatic heterocycles. The van der Waals surface area contributed by atoms with Crippen molar-refractivity contribution in [2.75, 3.05) is 18.4 Å². The molecule has 0 spiro atoms. The van der Waals surface area contributed by atoms with Crippen molar-refractivity contribution in [3.63, 3.8) is 0 Å². The van der Waals surface area contributed by atoms with Crippen LogP contribution in [0.5, 0.6) is 0 Å². The van der Waals surface area contributed by atoms with Crippen LogP contribution in [0, 0.1) is 6.92 Å². The van der Waals surface area contributed by atoms with Gasteiger partial charge in [-0.1, -0.05) is 0 Å². The Kier molecular flexibility index (Phi) is 4.42. The second kappa shape index (κ2) is 6.66. The first kappa shape index (κ1) is 15.3. The van der Waals surface area contributed by atoms with Gasteiger partial charge in [0, 0.05) is 25.0 Å². The first-order valence-corrected chi connectivity index (χ1v) is 7.56. The number of carbonyl (C=O) groups excluding carboxylic acids is 1. The van der Waals surface area contributed by atoms with Crippen molar-refractivity contribution in [2.45, 2.75) is 25.8 Å². The molecular formula is C15H19N7O. The van der Waals surface area contributed by atoms with E-state index >= 15 is 0 Å². The van der Waals surface area contributed by atoms with Gasteiger partial charge in [0.05, 0.1) is 18.3 Å². The molecule has 2 aromatic heterocycles. The van der Waals surface area contributed by atoms with Gasteiger partial charge in [-0.25, -0.2) is 19.9 Å². The van der Waals surface area contributed by atoms with Crippen LogP contribution in [0.2, 0.25) is 0 Å². The smallest absolute Gasteiger partial charge is 0.236 e. The van der Waals surface area contributed by atoms with E-state index in [1.54, 1.807) is 23.4 Å². The summed E-state index contributed by atoms with van der Waals surface area (Å²) in [6, 6.07) is 3.54. The van der Waals surface area contributed by atoms with Crippen LogP contribution in [0.1, 0.15) is 30.4 Å². The van der Waals surface area contributed by atoms with E-state index in [0.717, 1.165) is 18.5 Å². The minimum absolute atomic E-state index is 0.0174. The summed E-state index contributed by atoms with van der Waals surface area (Å²) in [7, 11) is 0. The fourth-order valence-electron chi connectivity index (χ4n) is 2.79. The van der Waals surface area contributed by atoms with Gasteiger partial charge in [0.25, 0.3) is 0 Å². The quantitative estimate of drug-likeness (QED) is 0.864. The van der Waals surface area contributed by atoms with E-state index in [1.165, 1.54) is 0 Å². The van der Waals surface area contributed by atoms with Gasteiger partial charge in [-0.05, 0) is 25.8 Å². The molecule has 3 N–H and O–H groups in total. The van der Waals surface area contributed by atoms with Gasteiger partial charge in [0.1, 0.15) is 11.6 Å². The summed E-state index contributed by atoms with van der Waals surface area (Å²) in [5.74, 6) is 1.67. The van der Waals surface area contributed by atoms with E-state index in [4.69, 9.17) is 5.73 Å². The number of aromatic nitrogens is 4. The highest BCUT2D eigenvalue weighted by molar-refractivity contribution is 5.78. The SMILES string of the molecule is Cc1nc(Nc2ncccn2)cc(C2CCCN2C(=O)CN)n1. The van der Waals surface area contributed by atoms with Gasteiger partial charge in [-0.3, -0.25) is 4.79 Å². The standard InChI is InChI=1S/C15H19N7O/c1-10-19-11(12-4-2-7-22(12)14(23)9-16)8-13(20-10)21-15-17-5-3-6-18-15/h3,5-6,8,12H,2,4,7,9,16H2,1H3,(H,17,18,19,20,21). The summed E-state index contributed by atoms with van der Waals surface area (Å²) >= 11 is 0. The van der Waals surface area contributed by atoms with Crippen LogP contribution in [0.15, 0.2) is 24.5 Å². The van der Waals surface area contributed by atoms with Crippen LogP contribution in [-0.4, -0.2) is 43.8 Å². The Hall–Kier alpha value is -2.61. The number of hydrogen-bond acceptors (Lipinski definition) is 7. The third-order valence-corrected chi connectivity index (χ3v) is 3.75. The van der Waals surface area contributed by atoms with Crippen molar-refractivity contribution in [3.05, 3.63) is 36.0 Å². The summed E-state index contributed by atoms with van der Waals surface area (Å²) in [5, 5.41) is 3.07. The number of aryl methyl sites for hydroxylation is 1. The van der Waals surface area contributed by atoms with E-state index < -0.39 is 0 Å². The predicted octanol–water partition coefficient (Wildman–Crippen LogP) is 0.941. The minimum atomic E-state index is -0.0512. The molecule has 1 saturated heterocycles. The molecular weight excluding hydrogens is 294 g/mol. The van der Waals surface area contributed by atoms with Crippen LogP contribution in [0.25, 0.3) is 0 Å². The molecule has 1 aliphatic rings. The van der Waals surface area contributed by atoms with E-state index in [9.17, 15) is 4.79 Å². The number of hydrogen-bond donors (Lipinski definition) is 2. The number of anilines is 2. The highest BCUT2D eigenvalue weighted by Crippen LogP contribution is 2.31. The maximum Gasteiger partial charge on any atom is 0.236 e. The lowest BCUT2D eigenvalue weighted by atomic mass is 10.1. The second-order valence-electron chi connectivity index (χ2n) is 5.37. The first-order valence-electron chi connectivity index (χ1n) is 7.56. The highest BCUT2D eigenvalue weighted by Gasteiger charge is 2.30. The van der Waals surface area contributed by atoms with Crippen molar-refractivity contribution in [3.8, 4) is 0 Å². The van der Waals surface area contributed by atoms with Crippen molar-refractivity contribution in [1.29, 1.82) is 0 Å². The Balaban J connectivity index is 1.87. The van der Waals surface area contributed by atoms with E-state index in [2.05, 4.69) is 25.3 Å². The van der Waals surface area contributed by atoms with Gasteiger partial charge >= 0.3 is 0 Å². The Morgan fingerprint density at radius 1 is 1.39 bits per heavy atom. The van der Waals surface area contributed by atoms with E-state index in [-0.39, 0.29) is 18.5 Å². The number of rotatable bonds is 4. The van der Waals surface area contributed by atoms with Gasteiger partial charge in [0.2, 0.25) is 11.9 Å². The third kappa shape index (κ3) is 3.42. The molecule has 1 unspecified atom stereocenters. The van der Waals surface area contributed by atoms with Gasteiger partial charge in [-0.2, -0.15) is 0 Å².